The number of hydrogen-bond acceptors (Lipinski definition) is 5. The highest BCUT2D eigenvalue weighted by molar-refractivity contribution is 5.13. The fourth-order valence-corrected chi connectivity index (χ4v) is 2.31. The van der Waals surface area contributed by atoms with Crippen molar-refractivity contribution in [1.29, 1.82) is 0 Å². The maximum atomic E-state index is 12.0. The monoisotopic (exact) mass is 281 g/mol. The average molecular weight is 281 g/mol. The molecule has 0 radical (unpaired) electrons. The van der Waals surface area contributed by atoms with Crippen molar-refractivity contribution in [2.24, 2.45) is 5.73 Å². The molecule has 0 saturated carbocycles. The number of nitrogens with zero attached hydrogens (tertiary/aromatic N) is 2. The quantitative estimate of drug-likeness (QED) is 0.785. The summed E-state index contributed by atoms with van der Waals surface area (Å²) < 4.78 is 12.7. The van der Waals surface area contributed by atoms with E-state index >= 15 is 0 Å². The molecule has 1 unspecified atom stereocenters. The van der Waals surface area contributed by atoms with Crippen molar-refractivity contribution in [3.05, 3.63) is 22.6 Å². The van der Waals surface area contributed by atoms with Gasteiger partial charge in [0.1, 0.15) is 5.75 Å². The van der Waals surface area contributed by atoms with Crippen LogP contribution in [0.2, 0.25) is 0 Å². The number of nitrogens with two attached hydrogens (primary N) is 1. The Labute approximate surface area is 118 Å². The highest BCUT2D eigenvalue weighted by atomic mass is 16.5. The van der Waals surface area contributed by atoms with Crippen molar-refractivity contribution in [3.63, 3.8) is 0 Å². The summed E-state index contributed by atoms with van der Waals surface area (Å²) in [6, 6.07) is 1.46. The second kappa shape index (κ2) is 6.37. The van der Waals surface area contributed by atoms with E-state index in [0.29, 0.717) is 25.4 Å². The molecule has 1 aliphatic rings. The van der Waals surface area contributed by atoms with Gasteiger partial charge in [0.05, 0.1) is 31.1 Å². The van der Waals surface area contributed by atoms with E-state index in [1.165, 1.54) is 10.7 Å². The molecule has 1 saturated heterocycles. The molecule has 2 rings (SSSR count). The first kappa shape index (κ1) is 15.0. The zero-order chi connectivity index (χ0) is 14.6. The molecule has 1 aliphatic heterocycles. The number of aromatic nitrogens is 2. The van der Waals surface area contributed by atoms with Gasteiger partial charge in [-0.25, -0.2) is 4.68 Å². The van der Waals surface area contributed by atoms with Crippen LogP contribution in [-0.4, -0.2) is 34.6 Å². The van der Waals surface area contributed by atoms with Crippen molar-refractivity contribution in [2.75, 3.05) is 13.2 Å². The van der Waals surface area contributed by atoms with Gasteiger partial charge in [0.25, 0.3) is 5.56 Å². The molecular formula is C14H23N3O3. The van der Waals surface area contributed by atoms with Crippen LogP contribution in [0.4, 0.5) is 0 Å². The summed E-state index contributed by atoms with van der Waals surface area (Å²) in [5, 5.41) is 4.14. The molecule has 20 heavy (non-hydrogen) atoms. The second-order valence-electron chi connectivity index (χ2n) is 5.74. The predicted octanol–water partition coefficient (Wildman–Crippen LogP) is 0.928. The van der Waals surface area contributed by atoms with E-state index in [2.05, 4.69) is 18.9 Å². The van der Waals surface area contributed by atoms with E-state index in [0.717, 1.165) is 19.3 Å². The molecular weight excluding hydrogens is 258 g/mol. The normalized spacial score (nSPS) is 21.1. The van der Waals surface area contributed by atoms with Gasteiger partial charge >= 0.3 is 0 Å². The topological polar surface area (TPSA) is 79.4 Å². The van der Waals surface area contributed by atoms with Gasteiger partial charge in [-0.3, -0.25) is 4.79 Å². The van der Waals surface area contributed by atoms with Crippen LogP contribution in [0.3, 0.4) is 0 Å². The third kappa shape index (κ3) is 4.05. The van der Waals surface area contributed by atoms with Gasteiger partial charge < -0.3 is 15.2 Å². The molecule has 2 N–H and O–H groups in total. The zero-order valence-electron chi connectivity index (χ0n) is 12.2. The van der Waals surface area contributed by atoms with Crippen molar-refractivity contribution >= 4 is 0 Å². The van der Waals surface area contributed by atoms with Crippen LogP contribution in [-0.2, 0) is 11.3 Å². The Morgan fingerprint density at radius 3 is 3.00 bits per heavy atom. The van der Waals surface area contributed by atoms with Crippen LogP contribution in [0.25, 0.3) is 0 Å². The lowest BCUT2D eigenvalue weighted by atomic mass is 10.1. The highest BCUT2D eigenvalue weighted by Gasteiger charge is 2.32. The molecule has 2 heterocycles. The maximum absolute atomic E-state index is 12.0. The Morgan fingerprint density at radius 2 is 2.40 bits per heavy atom. The van der Waals surface area contributed by atoms with E-state index in [1.54, 1.807) is 6.20 Å². The minimum absolute atomic E-state index is 0.0548. The standard InChI is InChI=1S/C14H23N3O3/c1-14(2)5-4-11(20-14)10-17-13(18)8-12(9-16-17)19-7-3-6-15/h8-9,11H,3-7,10,15H2,1-2H3. The average Bonchev–Trinajstić information content (AvgIpc) is 2.72. The van der Waals surface area contributed by atoms with E-state index in [-0.39, 0.29) is 17.3 Å². The molecule has 1 atom stereocenters. The summed E-state index contributed by atoms with van der Waals surface area (Å²) in [6.07, 6.45) is 4.34. The van der Waals surface area contributed by atoms with Crippen LogP contribution in [0.5, 0.6) is 5.75 Å². The lowest BCUT2D eigenvalue weighted by molar-refractivity contribution is -0.0235. The van der Waals surface area contributed by atoms with E-state index < -0.39 is 0 Å². The number of ether oxygens (including phenoxy) is 2. The molecule has 6 nitrogen and oxygen atoms in total. The summed E-state index contributed by atoms with van der Waals surface area (Å²) in [7, 11) is 0. The maximum Gasteiger partial charge on any atom is 0.270 e. The van der Waals surface area contributed by atoms with Crippen LogP contribution in [0.1, 0.15) is 33.1 Å². The summed E-state index contributed by atoms with van der Waals surface area (Å²) in [5.41, 5.74) is 5.12. The third-order valence-corrected chi connectivity index (χ3v) is 3.39. The van der Waals surface area contributed by atoms with Gasteiger partial charge in [-0.1, -0.05) is 0 Å². The Balaban J connectivity index is 1.94. The minimum Gasteiger partial charge on any atom is -0.492 e. The molecule has 0 aliphatic carbocycles. The lowest BCUT2D eigenvalue weighted by Crippen LogP contribution is -2.30. The fraction of sp³-hybridized carbons (Fsp3) is 0.714. The van der Waals surface area contributed by atoms with E-state index in [1.807, 2.05) is 0 Å². The lowest BCUT2D eigenvalue weighted by Gasteiger charge is -2.19. The highest BCUT2D eigenvalue weighted by Crippen LogP contribution is 2.29. The van der Waals surface area contributed by atoms with Gasteiger partial charge in [0.2, 0.25) is 0 Å². The van der Waals surface area contributed by atoms with Gasteiger partial charge in [-0.2, -0.15) is 5.10 Å². The molecule has 1 aromatic heterocycles. The summed E-state index contributed by atoms with van der Waals surface area (Å²) in [4.78, 5) is 12.0. The molecule has 6 heteroatoms. The Bertz CT molecular complexity index is 499. The Hall–Kier alpha value is -1.40. The fourth-order valence-electron chi connectivity index (χ4n) is 2.31. The number of rotatable bonds is 6. The first-order chi connectivity index (χ1) is 9.50. The first-order valence-electron chi connectivity index (χ1n) is 7.08. The molecule has 112 valence electrons. The van der Waals surface area contributed by atoms with Gasteiger partial charge in [-0.15, -0.1) is 0 Å². The van der Waals surface area contributed by atoms with Gasteiger partial charge in [0.15, 0.2) is 0 Å². The Morgan fingerprint density at radius 1 is 1.60 bits per heavy atom. The van der Waals surface area contributed by atoms with Crippen molar-refractivity contribution in [3.8, 4) is 5.75 Å². The molecule has 0 spiro atoms. The molecule has 1 aromatic rings. The number of hydrogen-bond donors (Lipinski definition) is 1. The summed E-state index contributed by atoms with van der Waals surface area (Å²) in [5.74, 6) is 0.493. The van der Waals surface area contributed by atoms with Crippen molar-refractivity contribution in [1.82, 2.24) is 9.78 Å². The smallest absolute Gasteiger partial charge is 0.270 e. The zero-order valence-corrected chi connectivity index (χ0v) is 12.2. The van der Waals surface area contributed by atoms with Crippen LogP contribution in [0.15, 0.2) is 17.1 Å². The first-order valence-corrected chi connectivity index (χ1v) is 7.08. The summed E-state index contributed by atoms with van der Waals surface area (Å²) in [6.45, 7) is 5.70. The predicted molar refractivity (Wildman–Crippen MR) is 75.8 cm³/mol. The van der Waals surface area contributed by atoms with Gasteiger partial charge in [-0.05, 0) is 39.7 Å². The third-order valence-electron chi connectivity index (χ3n) is 3.39. The molecule has 0 amide bonds. The largest absolute Gasteiger partial charge is 0.492 e. The molecule has 0 aromatic carbocycles. The van der Waals surface area contributed by atoms with Gasteiger partial charge in [0, 0.05) is 6.07 Å². The molecule has 1 fully saturated rings. The van der Waals surface area contributed by atoms with Crippen LogP contribution < -0.4 is 16.0 Å². The van der Waals surface area contributed by atoms with E-state index in [4.69, 9.17) is 15.2 Å². The SMILES string of the molecule is CC1(C)CCC(Cn2ncc(OCCCN)cc2=O)O1. The summed E-state index contributed by atoms with van der Waals surface area (Å²) >= 11 is 0. The van der Waals surface area contributed by atoms with Crippen molar-refractivity contribution in [2.45, 2.75) is 51.4 Å². The molecule has 0 bridgehead atoms. The second-order valence-corrected chi connectivity index (χ2v) is 5.74. The van der Waals surface area contributed by atoms with Crippen LogP contribution in [0, 0.1) is 0 Å². The van der Waals surface area contributed by atoms with Crippen molar-refractivity contribution < 1.29 is 9.47 Å². The Kier molecular flexibility index (Phi) is 4.77. The van der Waals surface area contributed by atoms with E-state index in [9.17, 15) is 4.79 Å². The minimum atomic E-state index is -0.163. The van der Waals surface area contributed by atoms with Crippen LogP contribution >= 0.6 is 0 Å².